The van der Waals surface area contributed by atoms with Crippen LogP contribution in [0.2, 0.25) is 0 Å². The molecular weight excluding hydrogens is 535 g/mol. The number of carboxylic acid groups (broad SMARTS) is 2. The first-order chi connectivity index (χ1) is 19.6. The van der Waals surface area contributed by atoms with Crippen LogP contribution in [0, 0.1) is 5.82 Å². The molecule has 0 radical (unpaired) electrons. The highest BCUT2D eigenvalue weighted by molar-refractivity contribution is 5.89. The maximum absolute atomic E-state index is 13.7. The van der Waals surface area contributed by atoms with Crippen molar-refractivity contribution in [3.63, 3.8) is 0 Å². The molecular formula is C28H33FN6O6. The summed E-state index contributed by atoms with van der Waals surface area (Å²) in [6.07, 6.45) is 8.90. The number of halogens is 1. The molecule has 0 saturated carbocycles. The predicted molar refractivity (Wildman–Crippen MR) is 151 cm³/mol. The van der Waals surface area contributed by atoms with E-state index in [1.165, 1.54) is 23.2 Å². The van der Waals surface area contributed by atoms with Crippen molar-refractivity contribution in [3.05, 3.63) is 75.1 Å². The normalized spacial score (nSPS) is 14.5. The number of benzene rings is 1. The lowest BCUT2D eigenvalue weighted by molar-refractivity contribution is -0.134. The number of hydrogen-bond acceptors (Lipinski definition) is 6. The Morgan fingerprint density at radius 1 is 1.05 bits per heavy atom. The smallest absolute Gasteiger partial charge is 0.332 e. The van der Waals surface area contributed by atoms with Crippen LogP contribution in [0.3, 0.4) is 0 Å². The molecule has 4 heterocycles. The van der Waals surface area contributed by atoms with Crippen molar-refractivity contribution >= 4 is 34.0 Å². The fraction of sp³-hybridized carbons (Fsp3) is 0.393. The topological polar surface area (TPSA) is 155 Å². The van der Waals surface area contributed by atoms with Crippen LogP contribution in [0.15, 0.2) is 52.5 Å². The molecule has 1 aliphatic rings. The van der Waals surface area contributed by atoms with Crippen LogP contribution in [0.4, 0.5) is 4.39 Å². The number of likely N-dealkylation sites (tertiary alicyclic amines) is 1. The highest BCUT2D eigenvalue weighted by Crippen LogP contribution is 2.33. The quantitative estimate of drug-likeness (QED) is 0.216. The average Bonchev–Trinajstić information content (AvgIpc) is 3.57. The first kappa shape index (κ1) is 29.5. The van der Waals surface area contributed by atoms with Crippen molar-refractivity contribution in [1.29, 1.82) is 0 Å². The van der Waals surface area contributed by atoms with Gasteiger partial charge in [0, 0.05) is 49.9 Å². The van der Waals surface area contributed by atoms with E-state index in [1.807, 2.05) is 16.8 Å². The van der Waals surface area contributed by atoms with Crippen molar-refractivity contribution in [1.82, 2.24) is 28.6 Å². The number of unbranched alkanes of at least 4 members (excludes halogenated alkanes) is 1. The average molecular weight is 569 g/mol. The molecule has 1 aliphatic heterocycles. The minimum atomic E-state index is -1.26. The molecule has 0 aliphatic carbocycles. The van der Waals surface area contributed by atoms with Gasteiger partial charge in [-0.25, -0.2) is 23.8 Å². The summed E-state index contributed by atoms with van der Waals surface area (Å²) in [5.41, 5.74) is 2.48. The maximum Gasteiger partial charge on any atom is 0.332 e. The van der Waals surface area contributed by atoms with Crippen molar-refractivity contribution in [2.45, 2.75) is 38.1 Å². The van der Waals surface area contributed by atoms with E-state index in [0.717, 1.165) is 60.8 Å². The Balaban J connectivity index is 0.000000426. The molecule has 1 fully saturated rings. The highest BCUT2D eigenvalue weighted by atomic mass is 19.1. The third-order valence-electron chi connectivity index (χ3n) is 7.41. The van der Waals surface area contributed by atoms with E-state index in [2.05, 4.69) is 14.9 Å². The molecule has 4 aromatic rings. The lowest BCUT2D eigenvalue weighted by Gasteiger charge is -2.32. The number of rotatable bonds is 8. The third-order valence-corrected chi connectivity index (χ3v) is 7.41. The molecule has 41 heavy (non-hydrogen) atoms. The van der Waals surface area contributed by atoms with E-state index in [9.17, 15) is 23.6 Å². The first-order valence-corrected chi connectivity index (χ1v) is 13.3. The van der Waals surface area contributed by atoms with Crippen molar-refractivity contribution < 1.29 is 24.2 Å². The Hall–Kier alpha value is -4.52. The Labute approximate surface area is 234 Å². The summed E-state index contributed by atoms with van der Waals surface area (Å²) in [5, 5.41) is 16.6. The summed E-state index contributed by atoms with van der Waals surface area (Å²) in [7, 11) is 3.13. The Morgan fingerprint density at radius 3 is 2.37 bits per heavy atom. The van der Waals surface area contributed by atoms with Gasteiger partial charge in [0.25, 0.3) is 5.56 Å². The molecule has 3 N–H and O–H groups in total. The van der Waals surface area contributed by atoms with Gasteiger partial charge in [-0.3, -0.25) is 13.9 Å². The fourth-order valence-corrected chi connectivity index (χ4v) is 5.25. The summed E-state index contributed by atoms with van der Waals surface area (Å²) in [6.45, 7) is 3.77. The number of carbonyl (C=O) groups is 2. The zero-order valence-electron chi connectivity index (χ0n) is 22.9. The number of piperidine rings is 1. The molecule has 0 atom stereocenters. The Morgan fingerprint density at radius 2 is 1.71 bits per heavy atom. The summed E-state index contributed by atoms with van der Waals surface area (Å²) < 4.78 is 18.1. The van der Waals surface area contributed by atoms with E-state index in [1.54, 1.807) is 19.4 Å². The van der Waals surface area contributed by atoms with Crippen LogP contribution in [0.5, 0.6) is 0 Å². The number of nitrogens with one attached hydrogen (secondary N) is 1. The predicted octanol–water partition coefficient (Wildman–Crippen LogP) is 2.43. The van der Waals surface area contributed by atoms with E-state index < -0.39 is 11.9 Å². The van der Waals surface area contributed by atoms with Crippen LogP contribution in [0.25, 0.3) is 22.1 Å². The molecule has 13 heteroatoms. The second-order valence-electron chi connectivity index (χ2n) is 10.1. The number of hydrogen-bond donors (Lipinski definition) is 3. The SMILES string of the molecule is Cn1c(=O)c2c(ncn2CCCCN2CCC(c3c[nH]c4ccc(F)cc34)CC2)n(C)c1=O.O=C(O)C=CC(=O)O. The summed E-state index contributed by atoms with van der Waals surface area (Å²) in [5.74, 6) is -2.25. The maximum atomic E-state index is 13.7. The van der Waals surface area contributed by atoms with Gasteiger partial charge in [0.15, 0.2) is 11.2 Å². The number of carboxylic acids is 2. The van der Waals surface area contributed by atoms with Gasteiger partial charge in [0.1, 0.15) is 5.82 Å². The number of aromatic nitrogens is 5. The van der Waals surface area contributed by atoms with Gasteiger partial charge in [-0.15, -0.1) is 0 Å². The van der Waals surface area contributed by atoms with Gasteiger partial charge < -0.3 is 24.7 Å². The molecule has 12 nitrogen and oxygen atoms in total. The minimum Gasteiger partial charge on any atom is -0.478 e. The molecule has 0 amide bonds. The van der Waals surface area contributed by atoms with Crippen molar-refractivity contribution in [2.24, 2.45) is 14.1 Å². The van der Waals surface area contributed by atoms with Crippen LogP contribution >= 0.6 is 0 Å². The van der Waals surface area contributed by atoms with E-state index >= 15 is 0 Å². The first-order valence-electron chi connectivity index (χ1n) is 13.3. The van der Waals surface area contributed by atoms with Gasteiger partial charge >= 0.3 is 17.6 Å². The lowest BCUT2D eigenvalue weighted by Crippen LogP contribution is -2.37. The number of aryl methyl sites for hydroxylation is 2. The monoisotopic (exact) mass is 568 g/mol. The number of imidazole rings is 1. The van der Waals surface area contributed by atoms with Gasteiger partial charge in [0.2, 0.25) is 0 Å². The molecule has 0 unspecified atom stereocenters. The largest absolute Gasteiger partial charge is 0.478 e. The number of nitrogens with zero attached hydrogens (tertiary/aromatic N) is 5. The van der Waals surface area contributed by atoms with Crippen LogP contribution in [0.1, 0.15) is 37.2 Å². The lowest BCUT2D eigenvalue weighted by atomic mass is 9.89. The van der Waals surface area contributed by atoms with Gasteiger partial charge in [0.05, 0.1) is 6.33 Å². The van der Waals surface area contributed by atoms with Gasteiger partial charge in [-0.05, 0) is 75.0 Å². The third kappa shape index (κ3) is 6.80. The zero-order chi connectivity index (χ0) is 29.7. The second kappa shape index (κ2) is 12.8. The van der Waals surface area contributed by atoms with Crippen LogP contribution < -0.4 is 11.2 Å². The molecule has 1 aromatic carbocycles. The summed E-state index contributed by atoms with van der Waals surface area (Å²) in [4.78, 5) is 53.8. The number of fused-ring (bicyclic) bond motifs is 2. The molecule has 0 spiro atoms. The standard InChI is InChI=1S/C24H29FN6O2.C4H4O4/c1-28-22-21(23(32)29(2)24(28)33)31(15-27-22)10-4-3-9-30-11-7-16(8-12-30)19-14-26-20-6-5-17(25)13-18(19)20;5-3(6)1-2-4(7)8/h5-6,13-16,26H,3-4,7-12H2,1-2H3;1-2H,(H,5,6)(H,7,8). The molecule has 3 aromatic heterocycles. The fourth-order valence-electron chi connectivity index (χ4n) is 5.25. The highest BCUT2D eigenvalue weighted by Gasteiger charge is 2.23. The number of aromatic amines is 1. The summed E-state index contributed by atoms with van der Waals surface area (Å²) in [6, 6.07) is 4.94. The van der Waals surface area contributed by atoms with Crippen molar-refractivity contribution in [2.75, 3.05) is 19.6 Å². The Bertz CT molecular complexity index is 1690. The van der Waals surface area contributed by atoms with Crippen molar-refractivity contribution in [3.8, 4) is 0 Å². The van der Waals surface area contributed by atoms with Crippen LogP contribution in [-0.2, 0) is 30.2 Å². The van der Waals surface area contributed by atoms with Crippen LogP contribution in [-0.4, -0.2) is 70.4 Å². The second-order valence-corrected chi connectivity index (χ2v) is 10.1. The van der Waals surface area contributed by atoms with E-state index in [-0.39, 0.29) is 17.1 Å². The van der Waals surface area contributed by atoms with E-state index in [4.69, 9.17) is 10.2 Å². The van der Waals surface area contributed by atoms with Gasteiger partial charge in [-0.2, -0.15) is 0 Å². The Kier molecular flexibility index (Phi) is 9.17. The molecule has 0 bridgehead atoms. The molecule has 5 rings (SSSR count). The van der Waals surface area contributed by atoms with E-state index in [0.29, 0.717) is 35.8 Å². The summed E-state index contributed by atoms with van der Waals surface area (Å²) >= 11 is 0. The number of H-pyrrole nitrogens is 1. The number of aliphatic carboxylic acids is 2. The minimum absolute atomic E-state index is 0.188. The molecule has 1 saturated heterocycles. The van der Waals surface area contributed by atoms with Gasteiger partial charge in [-0.1, -0.05) is 0 Å². The molecule has 218 valence electrons. The zero-order valence-corrected chi connectivity index (χ0v) is 22.9.